The van der Waals surface area contributed by atoms with Gasteiger partial charge in [0, 0.05) is 18.9 Å². The van der Waals surface area contributed by atoms with E-state index in [1.807, 2.05) is 19.2 Å². The summed E-state index contributed by atoms with van der Waals surface area (Å²) in [4.78, 5) is 11.1. The van der Waals surface area contributed by atoms with Crippen LogP contribution in [0.3, 0.4) is 0 Å². The molecule has 0 aromatic carbocycles. The first kappa shape index (κ1) is 12.2. The molecule has 0 N–H and O–H groups in total. The standard InChI is InChI=1S/C11H15N3O2/c1-14-10(6-7-13-14)5-3-4-9(8-12)11(15)16-2/h6-7,9H,3-5H2,1-2H3. The molecule has 5 nitrogen and oxygen atoms in total. The molecule has 5 heteroatoms. The Morgan fingerprint density at radius 2 is 2.50 bits per heavy atom. The summed E-state index contributed by atoms with van der Waals surface area (Å²) in [5.74, 6) is -1.11. The number of esters is 1. The monoisotopic (exact) mass is 221 g/mol. The number of ether oxygens (including phenoxy) is 1. The van der Waals surface area contributed by atoms with Gasteiger partial charge >= 0.3 is 5.97 Å². The Morgan fingerprint density at radius 3 is 3.00 bits per heavy atom. The van der Waals surface area contributed by atoms with Gasteiger partial charge in [-0.2, -0.15) is 10.4 Å². The van der Waals surface area contributed by atoms with Crippen LogP contribution < -0.4 is 0 Å². The summed E-state index contributed by atoms with van der Waals surface area (Å²) in [6, 6.07) is 3.88. The molecule has 16 heavy (non-hydrogen) atoms. The summed E-state index contributed by atoms with van der Waals surface area (Å²) in [7, 11) is 3.17. The Kier molecular flexibility index (Phi) is 4.52. The summed E-state index contributed by atoms with van der Waals surface area (Å²) in [6.45, 7) is 0. The lowest BCUT2D eigenvalue weighted by Crippen LogP contribution is -2.14. The molecule has 0 spiro atoms. The molecular formula is C11H15N3O2. The van der Waals surface area contributed by atoms with Gasteiger partial charge in [-0.15, -0.1) is 0 Å². The van der Waals surface area contributed by atoms with Gasteiger partial charge in [0.1, 0.15) is 5.92 Å². The van der Waals surface area contributed by atoms with Crippen LogP contribution in [0.15, 0.2) is 12.3 Å². The van der Waals surface area contributed by atoms with E-state index in [0.717, 1.165) is 18.5 Å². The molecule has 1 unspecified atom stereocenters. The quantitative estimate of drug-likeness (QED) is 0.697. The topological polar surface area (TPSA) is 67.9 Å². The Morgan fingerprint density at radius 1 is 1.75 bits per heavy atom. The molecule has 1 aromatic heterocycles. The van der Waals surface area contributed by atoms with Gasteiger partial charge in [-0.05, 0) is 25.3 Å². The van der Waals surface area contributed by atoms with E-state index < -0.39 is 11.9 Å². The highest BCUT2D eigenvalue weighted by Gasteiger charge is 2.17. The summed E-state index contributed by atoms with van der Waals surface area (Å²) in [5.41, 5.74) is 1.10. The fourth-order valence-electron chi connectivity index (χ4n) is 1.51. The predicted octanol–water partition coefficient (Wildman–Crippen LogP) is 1.06. The Labute approximate surface area is 94.6 Å². The van der Waals surface area contributed by atoms with Crippen LogP contribution in [-0.2, 0) is 23.0 Å². The molecule has 86 valence electrons. The van der Waals surface area contributed by atoms with Crippen LogP contribution in [0, 0.1) is 17.2 Å². The first-order chi connectivity index (χ1) is 7.69. The minimum Gasteiger partial charge on any atom is -0.468 e. The van der Waals surface area contributed by atoms with Crippen molar-refractivity contribution in [3.05, 3.63) is 18.0 Å². The second-order valence-electron chi connectivity index (χ2n) is 3.54. The van der Waals surface area contributed by atoms with E-state index >= 15 is 0 Å². The van der Waals surface area contributed by atoms with E-state index in [-0.39, 0.29) is 0 Å². The number of carbonyl (C=O) groups excluding carboxylic acids is 1. The van der Waals surface area contributed by atoms with Crippen LogP contribution in [0.2, 0.25) is 0 Å². The van der Waals surface area contributed by atoms with Crippen LogP contribution in [0.1, 0.15) is 18.5 Å². The number of methoxy groups -OCH3 is 1. The van der Waals surface area contributed by atoms with Gasteiger partial charge < -0.3 is 4.74 Å². The summed E-state index contributed by atoms with van der Waals surface area (Å²) >= 11 is 0. The average Bonchev–Trinajstić information content (AvgIpc) is 2.69. The molecular weight excluding hydrogens is 206 g/mol. The third kappa shape index (κ3) is 3.09. The maximum absolute atomic E-state index is 11.1. The van der Waals surface area contributed by atoms with Crippen molar-refractivity contribution in [2.24, 2.45) is 13.0 Å². The number of aromatic nitrogens is 2. The molecule has 0 saturated heterocycles. The van der Waals surface area contributed by atoms with Crippen LogP contribution >= 0.6 is 0 Å². The number of nitriles is 1. The van der Waals surface area contributed by atoms with Crippen molar-refractivity contribution in [3.63, 3.8) is 0 Å². The third-order valence-corrected chi connectivity index (χ3v) is 2.49. The predicted molar refractivity (Wildman–Crippen MR) is 57.3 cm³/mol. The first-order valence-corrected chi connectivity index (χ1v) is 5.13. The minimum atomic E-state index is -0.654. The van der Waals surface area contributed by atoms with Crippen molar-refractivity contribution in [3.8, 4) is 6.07 Å². The van der Waals surface area contributed by atoms with E-state index in [9.17, 15) is 4.79 Å². The highest BCUT2D eigenvalue weighted by molar-refractivity contribution is 5.74. The SMILES string of the molecule is COC(=O)C(C#N)CCCc1ccnn1C. The van der Waals surface area contributed by atoms with Crippen LogP contribution in [-0.4, -0.2) is 22.9 Å². The molecule has 1 atom stereocenters. The zero-order valence-corrected chi connectivity index (χ0v) is 9.51. The second-order valence-corrected chi connectivity index (χ2v) is 3.54. The second kappa shape index (κ2) is 5.91. The molecule has 0 aliphatic rings. The van der Waals surface area contributed by atoms with E-state index in [0.29, 0.717) is 6.42 Å². The number of carbonyl (C=O) groups is 1. The van der Waals surface area contributed by atoms with Gasteiger partial charge in [0.15, 0.2) is 0 Å². The Hall–Kier alpha value is -1.83. The van der Waals surface area contributed by atoms with Gasteiger partial charge in [0.25, 0.3) is 0 Å². The number of hydrogen-bond donors (Lipinski definition) is 0. The Bertz CT molecular complexity index is 392. The van der Waals surface area contributed by atoms with Crippen molar-refractivity contribution in [2.75, 3.05) is 7.11 Å². The van der Waals surface area contributed by atoms with E-state index in [1.165, 1.54) is 7.11 Å². The van der Waals surface area contributed by atoms with E-state index in [1.54, 1.807) is 10.9 Å². The lowest BCUT2D eigenvalue weighted by atomic mass is 10.0. The van der Waals surface area contributed by atoms with Crippen molar-refractivity contribution in [1.29, 1.82) is 5.26 Å². The molecule has 1 aromatic rings. The lowest BCUT2D eigenvalue weighted by Gasteiger charge is -2.06. The molecule has 0 amide bonds. The Balaban J connectivity index is 2.38. The van der Waals surface area contributed by atoms with E-state index in [2.05, 4.69) is 9.84 Å². The summed E-state index contributed by atoms with van der Waals surface area (Å²) in [6.07, 6.45) is 3.84. The molecule has 1 rings (SSSR count). The van der Waals surface area contributed by atoms with Crippen molar-refractivity contribution < 1.29 is 9.53 Å². The maximum atomic E-state index is 11.1. The minimum absolute atomic E-state index is 0.451. The number of rotatable bonds is 5. The fraction of sp³-hybridized carbons (Fsp3) is 0.545. The first-order valence-electron chi connectivity index (χ1n) is 5.13. The van der Waals surface area contributed by atoms with Crippen LogP contribution in [0.4, 0.5) is 0 Å². The molecule has 0 bridgehead atoms. The molecule has 0 radical (unpaired) electrons. The van der Waals surface area contributed by atoms with Gasteiger partial charge in [-0.3, -0.25) is 9.48 Å². The highest BCUT2D eigenvalue weighted by atomic mass is 16.5. The highest BCUT2D eigenvalue weighted by Crippen LogP contribution is 2.11. The van der Waals surface area contributed by atoms with Crippen molar-refractivity contribution in [1.82, 2.24) is 9.78 Å². The number of hydrogen-bond acceptors (Lipinski definition) is 4. The lowest BCUT2D eigenvalue weighted by molar-refractivity contribution is -0.143. The van der Waals surface area contributed by atoms with Crippen LogP contribution in [0.5, 0.6) is 0 Å². The molecule has 0 aliphatic carbocycles. The smallest absolute Gasteiger partial charge is 0.323 e. The average molecular weight is 221 g/mol. The van der Waals surface area contributed by atoms with Crippen molar-refractivity contribution in [2.45, 2.75) is 19.3 Å². The molecule has 0 saturated carbocycles. The van der Waals surface area contributed by atoms with E-state index in [4.69, 9.17) is 5.26 Å². The van der Waals surface area contributed by atoms with Gasteiger partial charge in [-0.25, -0.2) is 0 Å². The molecule has 1 heterocycles. The fourth-order valence-corrected chi connectivity index (χ4v) is 1.51. The zero-order valence-electron chi connectivity index (χ0n) is 9.51. The largest absolute Gasteiger partial charge is 0.468 e. The number of nitrogens with zero attached hydrogens (tertiary/aromatic N) is 3. The zero-order chi connectivity index (χ0) is 12.0. The molecule has 0 aliphatic heterocycles. The number of aryl methyl sites for hydroxylation is 2. The van der Waals surface area contributed by atoms with Crippen LogP contribution in [0.25, 0.3) is 0 Å². The summed E-state index contributed by atoms with van der Waals surface area (Å²) in [5, 5.41) is 12.8. The summed E-state index contributed by atoms with van der Waals surface area (Å²) < 4.78 is 6.33. The van der Waals surface area contributed by atoms with Crippen molar-refractivity contribution >= 4 is 5.97 Å². The molecule has 0 fully saturated rings. The van der Waals surface area contributed by atoms with Gasteiger partial charge in [-0.1, -0.05) is 0 Å². The maximum Gasteiger partial charge on any atom is 0.323 e. The van der Waals surface area contributed by atoms with Gasteiger partial charge in [0.05, 0.1) is 13.2 Å². The van der Waals surface area contributed by atoms with Gasteiger partial charge in [0.2, 0.25) is 0 Å². The third-order valence-electron chi connectivity index (χ3n) is 2.49. The normalized spacial score (nSPS) is 11.8.